The highest BCUT2D eigenvalue weighted by atomic mass is 32.2. The van der Waals surface area contributed by atoms with E-state index in [0.717, 1.165) is 36.8 Å². The van der Waals surface area contributed by atoms with E-state index in [0.29, 0.717) is 24.1 Å². The van der Waals surface area contributed by atoms with Crippen molar-refractivity contribution in [1.82, 2.24) is 9.62 Å². The van der Waals surface area contributed by atoms with Gasteiger partial charge in [-0.3, -0.25) is 4.79 Å². The third-order valence-electron chi connectivity index (χ3n) is 6.45. The SMILES string of the molecule is CCNS(=O)(=O)c1ccc(C)c(C(=O)N2CC3CC4CC(C3)CC2C4)c1. The molecule has 26 heavy (non-hydrogen) atoms. The molecule has 0 aromatic heterocycles. The van der Waals surface area contributed by atoms with E-state index in [4.69, 9.17) is 0 Å². The van der Waals surface area contributed by atoms with Gasteiger partial charge in [-0.05, 0) is 74.5 Å². The van der Waals surface area contributed by atoms with Gasteiger partial charge < -0.3 is 4.90 Å². The predicted molar refractivity (Wildman–Crippen MR) is 100 cm³/mol. The molecule has 5 nitrogen and oxygen atoms in total. The minimum atomic E-state index is -3.56. The predicted octanol–water partition coefficient (Wildman–Crippen LogP) is 2.94. The molecule has 142 valence electrons. The number of amides is 1. The summed E-state index contributed by atoms with van der Waals surface area (Å²) in [6, 6.07) is 5.22. The number of aryl methyl sites for hydroxylation is 1. The zero-order valence-electron chi connectivity index (χ0n) is 15.6. The Kier molecular flexibility index (Phi) is 4.59. The lowest BCUT2D eigenvalue weighted by Crippen LogP contribution is -2.42. The minimum Gasteiger partial charge on any atom is -0.335 e. The van der Waals surface area contributed by atoms with E-state index in [2.05, 4.69) is 9.62 Å². The monoisotopic (exact) mass is 376 g/mol. The number of nitrogens with one attached hydrogen (secondary N) is 1. The summed E-state index contributed by atoms with van der Waals surface area (Å²) in [5.41, 5.74) is 1.37. The van der Waals surface area contributed by atoms with Crippen LogP contribution in [0.2, 0.25) is 0 Å². The number of benzene rings is 1. The van der Waals surface area contributed by atoms with Crippen molar-refractivity contribution in [1.29, 1.82) is 0 Å². The van der Waals surface area contributed by atoms with Crippen molar-refractivity contribution in [3.05, 3.63) is 29.3 Å². The van der Waals surface area contributed by atoms with Crippen LogP contribution >= 0.6 is 0 Å². The fraction of sp³-hybridized carbons (Fsp3) is 0.650. The number of hydrogen-bond donors (Lipinski definition) is 1. The van der Waals surface area contributed by atoms with Gasteiger partial charge in [0.05, 0.1) is 4.90 Å². The summed E-state index contributed by atoms with van der Waals surface area (Å²) in [4.78, 5) is 15.6. The number of nitrogens with zero attached hydrogens (tertiary/aromatic N) is 1. The second-order valence-electron chi connectivity index (χ2n) is 8.37. The lowest BCUT2D eigenvalue weighted by atomic mass is 9.68. The first-order valence-electron chi connectivity index (χ1n) is 9.78. The lowest BCUT2D eigenvalue weighted by Gasteiger charge is -2.39. The third-order valence-corrected chi connectivity index (χ3v) is 7.99. The average molecular weight is 377 g/mol. The summed E-state index contributed by atoms with van der Waals surface area (Å²) < 4.78 is 27.2. The molecule has 1 aromatic rings. The summed E-state index contributed by atoms with van der Waals surface area (Å²) in [7, 11) is -3.56. The Labute approximate surface area is 156 Å². The Morgan fingerprint density at radius 3 is 2.42 bits per heavy atom. The van der Waals surface area contributed by atoms with E-state index < -0.39 is 10.0 Å². The van der Waals surface area contributed by atoms with Gasteiger partial charge in [-0.25, -0.2) is 13.1 Å². The molecule has 4 bridgehead atoms. The Hall–Kier alpha value is -1.40. The van der Waals surface area contributed by atoms with Crippen LogP contribution in [0.1, 0.15) is 54.9 Å². The van der Waals surface area contributed by atoms with E-state index in [9.17, 15) is 13.2 Å². The first-order valence-corrected chi connectivity index (χ1v) is 11.3. The van der Waals surface area contributed by atoms with E-state index in [-0.39, 0.29) is 10.8 Å². The van der Waals surface area contributed by atoms with Crippen LogP contribution in [0.3, 0.4) is 0 Å². The lowest BCUT2D eigenvalue weighted by molar-refractivity contribution is 0.0631. The highest BCUT2D eigenvalue weighted by Gasteiger charge is 2.44. The smallest absolute Gasteiger partial charge is 0.254 e. The molecule has 2 saturated carbocycles. The molecule has 1 N–H and O–H groups in total. The highest BCUT2D eigenvalue weighted by Crippen LogP contribution is 2.47. The van der Waals surface area contributed by atoms with Gasteiger partial charge in [0.25, 0.3) is 5.91 Å². The van der Waals surface area contributed by atoms with Gasteiger partial charge in [-0.15, -0.1) is 0 Å². The van der Waals surface area contributed by atoms with Gasteiger partial charge in [0.15, 0.2) is 0 Å². The topological polar surface area (TPSA) is 66.5 Å². The molecular weight excluding hydrogens is 348 g/mol. The van der Waals surface area contributed by atoms with E-state index >= 15 is 0 Å². The van der Waals surface area contributed by atoms with Crippen LogP contribution < -0.4 is 4.72 Å². The van der Waals surface area contributed by atoms with Crippen LogP contribution in [0.5, 0.6) is 0 Å². The van der Waals surface area contributed by atoms with Crippen LogP contribution in [0.4, 0.5) is 0 Å². The first-order chi connectivity index (χ1) is 12.4. The normalized spacial score (nSPS) is 30.5. The van der Waals surface area contributed by atoms with Crippen molar-refractivity contribution in [2.75, 3.05) is 13.1 Å². The number of carbonyl (C=O) groups is 1. The van der Waals surface area contributed by atoms with E-state index in [1.807, 2.05) is 6.92 Å². The standard InChI is InChI=1S/C20H28N2O3S/c1-3-21-26(24,25)18-5-4-13(2)19(11-18)20(23)22-12-16-7-14-6-15(8-16)10-17(22)9-14/h4-5,11,14-17,21H,3,6-10,12H2,1-2H3. The van der Waals surface area contributed by atoms with Gasteiger partial charge in [0.1, 0.15) is 0 Å². The summed E-state index contributed by atoms with van der Waals surface area (Å²) in [5, 5.41) is 0. The van der Waals surface area contributed by atoms with Crippen molar-refractivity contribution in [2.45, 2.75) is 56.9 Å². The maximum Gasteiger partial charge on any atom is 0.254 e. The maximum atomic E-state index is 13.4. The average Bonchev–Trinajstić information content (AvgIpc) is 2.78. The summed E-state index contributed by atoms with van der Waals surface area (Å²) in [5.74, 6) is 2.17. The molecule has 2 saturated heterocycles. The molecule has 1 aromatic carbocycles. The molecule has 5 rings (SSSR count). The number of sulfonamides is 1. The maximum absolute atomic E-state index is 13.4. The molecule has 2 heterocycles. The van der Waals surface area contributed by atoms with Crippen molar-refractivity contribution in [3.63, 3.8) is 0 Å². The summed E-state index contributed by atoms with van der Waals surface area (Å²) >= 11 is 0. The zero-order valence-corrected chi connectivity index (χ0v) is 16.4. The van der Waals surface area contributed by atoms with Crippen LogP contribution in [0.25, 0.3) is 0 Å². The zero-order chi connectivity index (χ0) is 18.5. The molecule has 0 spiro atoms. The van der Waals surface area contributed by atoms with Crippen molar-refractivity contribution < 1.29 is 13.2 Å². The molecule has 2 aliphatic carbocycles. The van der Waals surface area contributed by atoms with Crippen LogP contribution in [0, 0.1) is 24.7 Å². The van der Waals surface area contributed by atoms with Crippen molar-refractivity contribution in [3.8, 4) is 0 Å². The van der Waals surface area contributed by atoms with Crippen LogP contribution in [-0.2, 0) is 10.0 Å². The molecule has 1 amide bonds. The number of rotatable bonds is 4. The largest absolute Gasteiger partial charge is 0.335 e. The molecule has 6 heteroatoms. The Morgan fingerprint density at radius 1 is 1.12 bits per heavy atom. The molecule has 2 atom stereocenters. The van der Waals surface area contributed by atoms with Crippen molar-refractivity contribution in [2.24, 2.45) is 17.8 Å². The quantitative estimate of drug-likeness (QED) is 0.879. The Morgan fingerprint density at radius 2 is 1.77 bits per heavy atom. The number of carbonyl (C=O) groups excluding carboxylic acids is 1. The van der Waals surface area contributed by atoms with Crippen LogP contribution in [0.15, 0.2) is 23.1 Å². The first kappa shape index (κ1) is 18.0. The van der Waals surface area contributed by atoms with Gasteiger partial charge in [0, 0.05) is 24.7 Å². The second-order valence-corrected chi connectivity index (χ2v) is 10.1. The minimum absolute atomic E-state index is 0.00856. The summed E-state index contributed by atoms with van der Waals surface area (Å²) in [6.07, 6.45) is 6.08. The molecular formula is C20H28N2O3S. The van der Waals surface area contributed by atoms with Gasteiger partial charge in [0.2, 0.25) is 10.0 Å². The molecule has 2 unspecified atom stereocenters. The fourth-order valence-electron chi connectivity index (χ4n) is 5.46. The molecule has 4 aliphatic rings. The Bertz CT molecular complexity index is 806. The Balaban J connectivity index is 1.66. The van der Waals surface area contributed by atoms with E-state index in [1.165, 1.54) is 19.3 Å². The molecule has 2 aliphatic heterocycles. The van der Waals surface area contributed by atoms with E-state index in [1.54, 1.807) is 25.1 Å². The number of hydrogen-bond acceptors (Lipinski definition) is 3. The van der Waals surface area contributed by atoms with Gasteiger partial charge in [-0.1, -0.05) is 13.0 Å². The van der Waals surface area contributed by atoms with Crippen LogP contribution in [-0.4, -0.2) is 38.4 Å². The molecule has 4 fully saturated rings. The van der Waals surface area contributed by atoms with Gasteiger partial charge >= 0.3 is 0 Å². The third kappa shape index (κ3) is 3.18. The molecule has 0 radical (unpaired) electrons. The fourth-order valence-corrected chi connectivity index (χ4v) is 6.53. The highest BCUT2D eigenvalue weighted by molar-refractivity contribution is 7.89. The van der Waals surface area contributed by atoms with Gasteiger partial charge in [-0.2, -0.15) is 0 Å². The number of fused-ring (bicyclic) bond motifs is 1. The second kappa shape index (κ2) is 6.64. The van der Waals surface area contributed by atoms with Crippen molar-refractivity contribution >= 4 is 15.9 Å². The summed E-state index contributed by atoms with van der Waals surface area (Å²) in [6.45, 7) is 4.80.